The highest BCUT2D eigenvalue weighted by molar-refractivity contribution is 5.93. The number of nitrogens with one attached hydrogen (secondary N) is 1. The molecule has 0 radical (unpaired) electrons. The van der Waals surface area contributed by atoms with Crippen LogP contribution in [0.2, 0.25) is 0 Å². The van der Waals surface area contributed by atoms with Gasteiger partial charge in [-0.05, 0) is 77.9 Å². The van der Waals surface area contributed by atoms with Crippen molar-refractivity contribution >= 4 is 11.8 Å². The molecule has 3 aromatic carbocycles. The van der Waals surface area contributed by atoms with E-state index >= 15 is 0 Å². The van der Waals surface area contributed by atoms with Gasteiger partial charge in [-0.2, -0.15) is 0 Å². The first kappa shape index (κ1) is 32.4. The minimum absolute atomic E-state index is 0.0168. The van der Waals surface area contributed by atoms with Crippen LogP contribution in [0.25, 0.3) is 0 Å². The Morgan fingerprint density at radius 3 is 2.48 bits per heavy atom. The second-order valence-electron chi connectivity index (χ2n) is 11.8. The Kier molecular flexibility index (Phi) is 9.24. The lowest BCUT2D eigenvalue weighted by molar-refractivity contribution is -0.121. The Morgan fingerprint density at radius 1 is 0.875 bits per heavy atom. The largest absolute Gasteiger partial charge is 0.493 e. The van der Waals surface area contributed by atoms with Crippen molar-refractivity contribution in [3.05, 3.63) is 109 Å². The van der Waals surface area contributed by atoms with Gasteiger partial charge >= 0.3 is 5.69 Å². The molecule has 4 heterocycles. The first-order valence-corrected chi connectivity index (χ1v) is 15.8. The summed E-state index contributed by atoms with van der Waals surface area (Å²) in [5.74, 6) is 2.03. The summed E-state index contributed by atoms with van der Waals surface area (Å²) in [5, 5.41) is 2.95. The van der Waals surface area contributed by atoms with E-state index in [-0.39, 0.29) is 11.6 Å². The molecule has 250 valence electrons. The van der Waals surface area contributed by atoms with Crippen LogP contribution in [0.3, 0.4) is 0 Å². The third-order valence-electron chi connectivity index (χ3n) is 8.83. The lowest BCUT2D eigenvalue weighted by atomic mass is 9.87. The third-order valence-corrected chi connectivity index (χ3v) is 8.83. The maximum Gasteiger partial charge on any atom is 0.331 e. The molecule has 1 aromatic heterocycles. The fraction of sp³-hybridized carbons (Fsp3) is 0.333. The summed E-state index contributed by atoms with van der Waals surface area (Å²) in [6, 6.07) is 17.4. The second-order valence-corrected chi connectivity index (χ2v) is 11.8. The summed E-state index contributed by atoms with van der Waals surface area (Å²) in [6.45, 7) is 1.05. The van der Waals surface area contributed by atoms with Crippen molar-refractivity contribution in [3.63, 3.8) is 0 Å². The summed E-state index contributed by atoms with van der Waals surface area (Å²) in [7, 11) is 5.96. The van der Waals surface area contributed by atoms with Gasteiger partial charge in [0.15, 0.2) is 23.0 Å². The number of hydrogen-bond acceptors (Lipinski definition) is 8. The second kappa shape index (κ2) is 13.7. The number of carbonyl (C=O) groups excluding carboxylic acids is 2. The van der Waals surface area contributed by atoms with Crippen molar-refractivity contribution in [2.75, 3.05) is 33.9 Å². The first-order chi connectivity index (χ1) is 23.2. The molecule has 48 heavy (non-hydrogen) atoms. The van der Waals surface area contributed by atoms with E-state index in [1.165, 1.54) is 24.7 Å². The fourth-order valence-corrected chi connectivity index (χ4v) is 6.23. The maximum absolute atomic E-state index is 14.3. The summed E-state index contributed by atoms with van der Waals surface area (Å²) < 4.78 is 26.1. The highest BCUT2D eigenvalue weighted by atomic mass is 16.5. The van der Waals surface area contributed by atoms with E-state index in [9.17, 15) is 19.2 Å². The molecule has 12 heteroatoms. The van der Waals surface area contributed by atoms with Crippen LogP contribution in [-0.2, 0) is 31.7 Å². The van der Waals surface area contributed by atoms with Gasteiger partial charge in [0.05, 0.1) is 26.9 Å². The molecule has 4 aromatic rings. The Hall–Kier alpha value is -5.52. The number of benzene rings is 3. The van der Waals surface area contributed by atoms with E-state index in [4.69, 9.17) is 18.9 Å². The van der Waals surface area contributed by atoms with Crippen LogP contribution in [-0.4, -0.2) is 59.8 Å². The highest BCUT2D eigenvalue weighted by Gasteiger charge is 2.36. The van der Waals surface area contributed by atoms with Gasteiger partial charge in [-0.3, -0.25) is 23.5 Å². The quantitative estimate of drug-likeness (QED) is 0.355. The molecule has 1 unspecified atom stereocenters. The van der Waals surface area contributed by atoms with Crippen molar-refractivity contribution in [2.24, 2.45) is 14.1 Å². The number of nitrogens with zero attached hydrogens (tertiary/aromatic N) is 3. The number of hydrogen-bond donors (Lipinski definition) is 1. The van der Waals surface area contributed by atoms with E-state index in [1.54, 1.807) is 25.2 Å². The van der Waals surface area contributed by atoms with Crippen molar-refractivity contribution < 1.29 is 28.5 Å². The number of aryl methyl sites for hydroxylation is 1. The number of amides is 2. The summed E-state index contributed by atoms with van der Waals surface area (Å²) >= 11 is 0. The number of fused-ring (bicyclic) bond motifs is 8. The van der Waals surface area contributed by atoms with Crippen LogP contribution in [0.5, 0.6) is 28.7 Å². The molecule has 12 nitrogen and oxygen atoms in total. The van der Waals surface area contributed by atoms with Gasteiger partial charge in [0.25, 0.3) is 11.5 Å². The van der Waals surface area contributed by atoms with Gasteiger partial charge in [0.1, 0.15) is 11.4 Å². The molecule has 8 bridgehead atoms. The summed E-state index contributed by atoms with van der Waals surface area (Å²) in [6.07, 6.45) is 1.93. The predicted octanol–water partition coefficient (Wildman–Crippen LogP) is 3.51. The molecule has 0 saturated heterocycles. The van der Waals surface area contributed by atoms with Crippen LogP contribution < -0.4 is 35.5 Å². The molecular weight excluding hydrogens is 616 g/mol. The van der Waals surface area contributed by atoms with E-state index < -0.39 is 23.2 Å². The van der Waals surface area contributed by atoms with E-state index in [2.05, 4.69) is 5.32 Å². The zero-order valence-corrected chi connectivity index (χ0v) is 27.4. The lowest BCUT2D eigenvalue weighted by Gasteiger charge is -2.38. The van der Waals surface area contributed by atoms with E-state index in [0.717, 1.165) is 26.8 Å². The van der Waals surface area contributed by atoms with Crippen LogP contribution in [0, 0.1) is 0 Å². The molecule has 0 fully saturated rings. The van der Waals surface area contributed by atoms with E-state index in [1.807, 2.05) is 48.5 Å². The topological polar surface area (TPSA) is 130 Å². The fourth-order valence-electron chi connectivity index (χ4n) is 6.23. The SMILES string of the molecule is COc1ccc2cc1OCCCNC(=O)CCc1cccc(c1)Oc1cc3c(cc1OC)C2N(C(=O)c1cc(=O)n(C)c(=O)n1C)CC3. The number of methoxy groups -OCH3 is 2. The normalized spacial score (nSPS) is 16.3. The number of rotatable bonds is 3. The molecule has 1 atom stereocenters. The van der Waals surface area contributed by atoms with E-state index in [0.29, 0.717) is 74.1 Å². The summed E-state index contributed by atoms with van der Waals surface area (Å²) in [4.78, 5) is 54.0. The van der Waals surface area contributed by atoms with Crippen LogP contribution in [0.1, 0.15) is 51.6 Å². The average molecular weight is 655 g/mol. The molecule has 2 amide bonds. The van der Waals surface area contributed by atoms with Crippen molar-refractivity contribution in [3.8, 4) is 28.7 Å². The number of aromatic nitrogens is 2. The monoisotopic (exact) mass is 654 g/mol. The van der Waals surface area contributed by atoms with Crippen LogP contribution in [0.4, 0.5) is 0 Å². The molecule has 7 rings (SSSR count). The number of ether oxygens (including phenoxy) is 4. The standard InChI is InChI=1S/C36H38N4O8/c1-38-27(21-33(42)39(2)36(38)44)35(43)40-15-13-23-18-31-29(46-4)20-26(23)34(40)24-10-11-28(45-3)30(19-24)47-16-6-14-37-32(41)12-9-22-7-5-8-25(17-22)48-31/h5,7-8,10-11,17-21,34H,6,9,12-16H2,1-4H3,(H,37,41). The smallest absolute Gasteiger partial charge is 0.331 e. The molecule has 0 aliphatic carbocycles. The Morgan fingerprint density at radius 2 is 1.69 bits per heavy atom. The zero-order valence-electron chi connectivity index (χ0n) is 27.4. The molecule has 0 spiro atoms. The zero-order chi connectivity index (χ0) is 33.9. The van der Waals surface area contributed by atoms with Gasteiger partial charge in [0.2, 0.25) is 5.91 Å². The molecule has 0 saturated carbocycles. The van der Waals surface area contributed by atoms with Gasteiger partial charge in [0, 0.05) is 39.7 Å². The Labute approximate surface area is 277 Å². The van der Waals surface area contributed by atoms with Crippen LogP contribution in [0.15, 0.2) is 70.3 Å². The van der Waals surface area contributed by atoms with Gasteiger partial charge in [-0.1, -0.05) is 18.2 Å². The predicted molar refractivity (Wildman–Crippen MR) is 177 cm³/mol. The van der Waals surface area contributed by atoms with Gasteiger partial charge < -0.3 is 29.2 Å². The molecule has 3 aliphatic rings. The molecule has 1 N–H and O–H groups in total. The van der Waals surface area contributed by atoms with Crippen molar-refractivity contribution in [2.45, 2.75) is 31.7 Å². The minimum Gasteiger partial charge on any atom is -0.493 e. The van der Waals surface area contributed by atoms with Gasteiger partial charge in [-0.25, -0.2) is 4.79 Å². The Bertz CT molecular complexity index is 2000. The van der Waals surface area contributed by atoms with Crippen LogP contribution >= 0.6 is 0 Å². The number of carbonyl (C=O) groups is 2. The maximum atomic E-state index is 14.3. The highest BCUT2D eigenvalue weighted by Crippen LogP contribution is 2.44. The summed E-state index contributed by atoms with van der Waals surface area (Å²) in [5.41, 5.74) is 2.24. The van der Waals surface area contributed by atoms with Crippen molar-refractivity contribution in [1.29, 1.82) is 0 Å². The average Bonchev–Trinajstić information content (AvgIpc) is 3.09. The minimum atomic E-state index is -0.648. The third kappa shape index (κ3) is 6.38. The first-order valence-electron chi connectivity index (χ1n) is 15.8. The molecule has 3 aliphatic heterocycles. The van der Waals surface area contributed by atoms with Crippen molar-refractivity contribution in [1.82, 2.24) is 19.4 Å². The Balaban J connectivity index is 1.50. The lowest BCUT2D eigenvalue weighted by Crippen LogP contribution is -2.45. The molecular formula is C36H38N4O8. The van der Waals surface area contributed by atoms with Gasteiger partial charge in [-0.15, -0.1) is 0 Å².